The van der Waals surface area contributed by atoms with Crippen LogP contribution in [-0.2, 0) is 4.79 Å². The van der Waals surface area contributed by atoms with Crippen molar-refractivity contribution in [2.45, 2.75) is 32.5 Å². The van der Waals surface area contributed by atoms with Gasteiger partial charge in [0, 0.05) is 36.8 Å². The minimum absolute atomic E-state index is 0.0683. The van der Waals surface area contributed by atoms with Crippen LogP contribution in [0, 0.1) is 11.3 Å². The van der Waals surface area contributed by atoms with Crippen LogP contribution in [0.25, 0.3) is 5.31 Å². The van der Waals surface area contributed by atoms with Gasteiger partial charge in [0.1, 0.15) is 0 Å². The van der Waals surface area contributed by atoms with Gasteiger partial charge in [-0.2, -0.15) is 0 Å². The number of rotatable bonds is 5. The molecule has 30 heavy (non-hydrogen) atoms. The van der Waals surface area contributed by atoms with Gasteiger partial charge in [0.15, 0.2) is 0 Å². The summed E-state index contributed by atoms with van der Waals surface area (Å²) in [7, 11) is 2.36. The molecule has 1 aromatic rings. The number of benzene rings is 1. The number of amides is 1. The Hall–Kier alpha value is -2.23. The van der Waals surface area contributed by atoms with Gasteiger partial charge in [-0.3, -0.25) is 4.79 Å². The van der Waals surface area contributed by atoms with Gasteiger partial charge < -0.3 is 20.5 Å². The van der Waals surface area contributed by atoms with Gasteiger partial charge in [-0.25, -0.2) is 0 Å². The van der Waals surface area contributed by atoms with E-state index >= 15 is 0 Å². The molecule has 0 radical (unpaired) electrons. The van der Waals surface area contributed by atoms with E-state index < -0.39 is 0 Å². The Morgan fingerprint density at radius 1 is 1.27 bits per heavy atom. The summed E-state index contributed by atoms with van der Waals surface area (Å²) in [5.74, 6) is 0.734. The Labute approximate surface area is 181 Å². The molecule has 3 heterocycles. The maximum atomic E-state index is 13.1. The third-order valence-corrected chi connectivity index (χ3v) is 8.25. The molecule has 1 fully saturated rings. The zero-order valence-corrected chi connectivity index (χ0v) is 19.0. The predicted octanol–water partition coefficient (Wildman–Crippen LogP) is 4.49. The number of hydrogen-bond acceptors (Lipinski definition) is 4. The van der Waals surface area contributed by atoms with Crippen molar-refractivity contribution in [3.05, 3.63) is 58.8 Å². The number of likely N-dealkylation sites (tertiary alicyclic amines) is 1. The molecule has 0 saturated carbocycles. The quantitative estimate of drug-likeness (QED) is 0.543. The molecule has 158 valence electrons. The molecular formula is C24H31N4OP. The van der Waals surface area contributed by atoms with Crippen molar-refractivity contribution in [2.75, 3.05) is 32.0 Å². The summed E-state index contributed by atoms with van der Waals surface area (Å²) in [4.78, 5) is 17.5. The van der Waals surface area contributed by atoms with Crippen LogP contribution in [-0.4, -0.2) is 54.4 Å². The first-order valence-electron chi connectivity index (χ1n) is 10.8. The number of anilines is 1. The average Bonchev–Trinajstić information content (AvgIpc) is 2.79. The molecule has 1 aromatic carbocycles. The van der Waals surface area contributed by atoms with Crippen LogP contribution in [0.4, 0.5) is 5.69 Å². The minimum atomic E-state index is 0.0683. The normalized spacial score (nSPS) is 23.6. The highest BCUT2D eigenvalue weighted by atomic mass is 31.1. The summed E-state index contributed by atoms with van der Waals surface area (Å²) < 4.78 is 0. The molecule has 2 N–H and O–H groups in total. The Bertz CT molecular complexity index is 941. The second-order valence-corrected chi connectivity index (χ2v) is 9.65. The Balaban J connectivity index is 1.58. The van der Waals surface area contributed by atoms with Crippen molar-refractivity contribution in [1.29, 1.82) is 5.41 Å². The Kier molecular flexibility index (Phi) is 6.21. The lowest BCUT2D eigenvalue weighted by molar-refractivity contribution is -0.123. The van der Waals surface area contributed by atoms with Crippen LogP contribution in [0.15, 0.2) is 47.7 Å². The molecular weight excluding hydrogens is 391 g/mol. The van der Waals surface area contributed by atoms with E-state index in [1.165, 1.54) is 30.2 Å². The van der Waals surface area contributed by atoms with Gasteiger partial charge in [0.2, 0.25) is 0 Å². The summed E-state index contributed by atoms with van der Waals surface area (Å²) in [6.45, 7) is 7.81. The first-order valence-corrected chi connectivity index (χ1v) is 11.9. The number of nitrogens with zero attached hydrogens (tertiary/aromatic N) is 2. The van der Waals surface area contributed by atoms with E-state index in [0.717, 1.165) is 41.8 Å². The number of piperidine rings is 1. The largest absolute Gasteiger partial charge is 0.388 e. The molecule has 0 aromatic heterocycles. The third-order valence-electron chi connectivity index (χ3n) is 6.50. The second kappa shape index (κ2) is 8.87. The number of hydrogen-bond donors (Lipinski definition) is 2. The van der Waals surface area contributed by atoms with Crippen molar-refractivity contribution in [1.82, 2.24) is 9.80 Å². The van der Waals surface area contributed by atoms with Crippen LogP contribution in [0.1, 0.15) is 37.8 Å². The maximum Gasteiger partial charge on any atom is 0.252 e. The fourth-order valence-corrected chi connectivity index (χ4v) is 6.12. The van der Waals surface area contributed by atoms with Gasteiger partial charge in [-0.1, -0.05) is 27.6 Å². The molecule has 3 aliphatic heterocycles. The SMILES string of the molecule is CCN1CCC(C2=CN3C(=O)C=C(c4ccc(NC)c(C=N)c4)PC3C(C)=C2)CC1. The molecule has 4 rings (SSSR count). The lowest BCUT2D eigenvalue weighted by Gasteiger charge is -2.39. The first kappa shape index (κ1) is 21.0. The Morgan fingerprint density at radius 3 is 2.70 bits per heavy atom. The van der Waals surface area contributed by atoms with Crippen LogP contribution in [0.5, 0.6) is 0 Å². The fraction of sp³-hybridized carbons (Fsp3) is 0.417. The number of nitrogens with one attached hydrogen (secondary N) is 2. The summed E-state index contributed by atoms with van der Waals surface area (Å²) in [5, 5.41) is 11.9. The van der Waals surface area contributed by atoms with Gasteiger partial charge in [0.05, 0.1) is 5.78 Å². The highest BCUT2D eigenvalue weighted by Crippen LogP contribution is 2.48. The molecule has 1 saturated heterocycles. The van der Waals surface area contributed by atoms with Crippen molar-refractivity contribution in [2.24, 2.45) is 5.92 Å². The maximum absolute atomic E-state index is 13.1. The number of allylic oxidation sites excluding steroid dienone is 2. The minimum Gasteiger partial charge on any atom is -0.388 e. The van der Waals surface area contributed by atoms with E-state index in [1.54, 1.807) is 6.08 Å². The van der Waals surface area contributed by atoms with Crippen LogP contribution in [0.2, 0.25) is 0 Å². The Morgan fingerprint density at radius 2 is 2.03 bits per heavy atom. The van der Waals surface area contributed by atoms with Crippen molar-refractivity contribution in [3.63, 3.8) is 0 Å². The smallest absolute Gasteiger partial charge is 0.252 e. The van der Waals surface area contributed by atoms with Crippen LogP contribution in [0.3, 0.4) is 0 Å². The molecule has 3 aliphatic rings. The van der Waals surface area contributed by atoms with Crippen molar-refractivity contribution in [3.8, 4) is 0 Å². The van der Waals surface area contributed by atoms with Crippen LogP contribution < -0.4 is 5.32 Å². The van der Waals surface area contributed by atoms with E-state index in [0.29, 0.717) is 14.5 Å². The van der Waals surface area contributed by atoms with E-state index in [9.17, 15) is 4.79 Å². The number of carbonyl (C=O) groups is 1. The highest BCUT2D eigenvalue weighted by Gasteiger charge is 2.33. The molecule has 0 spiro atoms. The molecule has 5 nitrogen and oxygen atoms in total. The topological polar surface area (TPSA) is 59.4 Å². The predicted molar refractivity (Wildman–Crippen MR) is 127 cm³/mol. The lowest BCUT2D eigenvalue weighted by Crippen LogP contribution is -2.39. The van der Waals surface area contributed by atoms with Gasteiger partial charge in [-0.15, -0.1) is 0 Å². The van der Waals surface area contributed by atoms with Crippen molar-refractivity contribution >= 4 is 31.7 Å². The summed E-state index contributed by atoms with van der Waals surface area (Å²) in [6.07, 6.45) is 9.96. The van der Waals surface area contributed by atoms with Gasteiger partial charge in [0.25, 0.3) is 5.91 Å². The average molecular weight is 423 g/mol. The molecule has 0 bridgehead atoms. The highest BCUT2D eigenvalue weighted by molar-refractivity contribution is 7.51. The number of carbonyl (C=O) groups excluding carboxylic acids is 1. The molecule has 2 unspecified atom stereocenters. The molecule has 1 amide bonds. The number of fused-ring (bicyclic) bond motifs is 1. The fourth-order valence-electron chi connectivity index (χ4n) is 4.64. The summed E-state index contributed by atoms with van der Waals surface area (Å²) in [5.41, 5.74) is 5.40. The zero-order chi connectivity index (χ0) is 21.3. The zero-order valence-electron chi connectivity index (χ0n) is 18.0. The van der Waals surface area contributed by atoms with E-state index in [4.69, 9.17) is 5.41 Å². The second-order valence-electron chi connectivity index (χ2n) is 8.27. The van der Waals surface area contributed by atoms with Crippen molar-refractivity contribution < 1.29 is 4.79 Å². The van der Waals surface area contributed by atoms with Gasteiger partial charge >= 0.3 is 0 Å². The molecule has 6 heteroatoms. The molecule has 0 aliphatic carbocycles. The van der Waals surface area contributed by atoms with E-state index in [2.05, 4.69) is 36.3 Å². The summed E-state index contributed by atoms with van der Waals surface area (Å²) >= 11 is 0. The first-order chi connectivity index (χ1) is 14.5. The molecule has 2 atom stereocenters. The monoisotopic (exact) mass is 422 g/mol. The van der Waals surface area contributed by atoms with Gasteiger partial charge in [-0.05, 0) is 79.5 Å². The van der Waals surface area contributed by atoms with E-state index in [-0.39, 0.29) is 11.7 Å². The summed E-state index contributed by atoms with van der Waals surface area (Å²) in [6, 6.07) is 6.04. The lowest BCUT2D eigenvalue weighted by atomic mass is 9.87. The third kappa shape index (κ3) is 4.01. The standard InChI is InChI=1S/C24H31N4OP/c1-4-27-9-7-17(8-10-27)20-11-16(2)24-28(15-20)23(29)13-22(30-24)18-5-6-21(26-3)19(12-18)14-25/h5-6,11-15,17,24-26,30H,4,7-10H2,1-3H3. The van der Waals surface area contributed by atoms with Crippen LogP contribution >= 0.6 is 8.58 Å². The van der Waals surface area contributed by atoms with E-state index in [1.807, 2.05) is 30.1 Å².